The maximum Gasteiger partial charge on any atom is 2.00 e. The van der Waals surface area contributed by atoms with Gasteiger partial charge >= 0.3 is 30.5 Å². The van der Waals surface area contributed by atoms with Gasteiger partial charge < -0.3 is 14.4 Å². The van der Waals surface area contributed by atoms with Crippen molar-refractivity contribution < 1.29 is 53.5 Å². The Morgan fingerprint density at radius 1 is 1.33 bits per heavy atom. The summed E-state index contributed by atoms with van der Waals surface area (Å²) in [4.78, 5) is 19.8. The molecule has 3 heterocycles. The van der Waals surface area contributed by atoms with Gasteiger partial charge in [-0.15, -0.1) is 0 Å². The summed E-state index contributed by atoms with van der Waals surface area (Å²) in [6.45, 7) is 0. The van der Waals surface area contributed by atoms with E-state index in [-0.39, 0.29) is 16.5 Å². The molecule has 0 saturated carbocycles. The average molecular weight is 261 g/mol. The summed E-state index contributed by atoms with van der Waals surface area (Å²) < 4.78 is 36.2. The molecule has 0 N–H and O–H groups in total. The van der Waals surface area contributed by atoms with Gasteiger partial charge in [-0.3, -0.25) is 4.52 Å². The fraction of sp³-hybridized carbons (Fsp3) is 1.00. The van der Waals surface area contributed by atoms with Crippen molar-refractivity contribution in [3.8, 4) is 0 Å². The molecule has 0 amide bonds. The molecule has 0 radical (unpaired) electrons. The third-order valence-electron chi connectivity index (χ3n) is 0.894. The Kier molecular flexibility index (Phi) is 2.34. The largest absolute Gasteiger partial charge is 2.00 e. The van der Waals surface area contributed by atoms with E-state index in [4.69, 9.17) is 0 Å². The minimum absolute atomic E-state index is 0. The zero-order valence-corrected chi connectivity index (χ0v) is 7.75. The van der Waals surface area contributed by atoms with Crippen LogP contribution in [0.2, 0.25) is 0 Å². The molecule has 72 valence electrons. The maximum atomic E-state index is 10.4. The first-order chi connectivity index (χ1) is 4.83. The molecule has 3 aliphatic heterocycles. The van der Waals surface area contributed by atoms with Crippen LogP contribution in [0.3, 0.4) is 0 Å². The van der Waals surface area contributed by atoms with Crippen LogP contribution in [0, 0.1) is 0 Å². The number of hydrogen-bond donors (Lipinski definition) is 0. The number of phosphoric acid groups is 2. The third-order valence-corrected chi connectivity index (χ3v) is 2.68. The number of phosphoric ester groups is 2. The Morgan fingerprint density at radius 3 is 2.00 bits per heavy atom. The molecule has 0 unspecified atom stereocenters. The molecule has 11 heteroatoms. The molecule has 3 aliphatic rings. The Labute approximate surface area is 75.9 Å². The summed E-state index contributed by atoms with van der Waals surface area (Å²) in [6.07, 6.45) is -2.34. The fourth-order valence-corrected chi connectivity index (χ4v) is 2.15. The van der Waals surface area contributed by atoms with Crippen molar-refractivity contribution in [1.82, 2.24) is 0 Å². The molecule has 0 atom stereocenters. The van der Waals surface area contributed by atoms with Crippen molar-refractivity contribution in [2.45, 2.75) is 6.16 Å². The predicted molar refractivity (Wildman–Crippen MR) is 22.3 cm³/mol. The van der Waals surface area contributed by atoms with E-state index >= 15 is 0 Å². The summed E-state index contributed by atoms with van der Waals surface area (Å²) in [5.74, 6) is 0. The zero-order chi connectivity index (χ0) is 8.33. The Bertz CT molecular complexity index is 265. The third kappa shape index (κ3) is 1.66. The molecule has 0 aromatic heterocycles. The van der Waals surface area contributed by atoms with Crippen LogP contribution in [0.4, 0.5) is 0 Å². The van der Waals surface area contributed by atoms with Gasteiger partial charge in [-0.2, -0.15) is 0 Å². The Balaban J connectivity index is 0.000000720. The fourth-order valence-electron chi connectivity index (χ4n) is 0.618. The average Bonchev–Trinajstić information content (AvgIpc) is 1.53. The van der Waals surface area contributed by atoms with Crippen LogP contribution in [0.25, 0.3) is 0 Å². The van der Waals surface area contributed by atoms with Gasteiger partial charge in [0, 0.05) is 0 Å². The SMILES string of the molecule is O=P([O-])([O-])OC12OP(=O)(O1)O2.[Ni+2]. The van der Waals surface area contributed by atoms with Crippen molar-refractivity contribution in [2.75, 3.05) is 0 Å². The predicted octanol–water partition coefficient (Wildman–Crippen LogP) is -1.37. The van der Waals surface area contributed by atoms with Gasteiger partial charge in [0.1, 0.15) is 0 Å². The van der Waals surface area contributed by atoms with Crippen LogP contribution >= 0.6 is 15.6 Å². The van der Waals surface area contributed by atoms with Crippen LogP contribution in [0.15, 0.2) is 0 Å². The first-order valence-corrected chi connectivity index (χ1v) is 5.20. The molecule has 12 heavy (non-hydrogen) atoms. The van der Waals surface area contributed by atoms with Crippen LogP contribution in [0.5, 0.6) is 0 Å². The molecular weight excluding hydrogens is 261 g/mol. The van der Waals surface area contributed by atoms with Crippen LogP contribution in [0.1, 0.15) is 0 Å². The van der Waals surface area contributed by atoms with Gasteiger partial charge in [-0.05, 0) is 0 Å². The molecule has 2 bridgehead atoms. The van der Waals surface area contributed by atoms with E-state index in [1.807, 2.05) is 0 Å². The van der Waals surface area contributed by atoms with E-state index in [1.54, 1.807) is 0 Å². The van der Waals surface area contributed by atoms with E-state index in [0.29, 0.717) is 0 Å². The van der Waals surface area contributed by atoms with Gasteiger partial charge in [0.05, 0.1) is 7.82 Å². The molecule has 3 saturated heterocycles. The van der Waals surface area contributed by atoms with E-state index in [1.165, 1.54) is 0 Å². The number of rotatable bonds is 2. The molecule has 3 fully saturated rings. The van der Waals surface area contributed by atoms with E-state index in [0.717, 1.165) is 0 Å². The van der Waals surface area contributed by atoms with E-state index < -0.39 is 21.8 Å². The van der Waals surface area contributed by atoms with Crippen LogP contribution in [-0.4, -0.2) is 6.16 Å². The van der Waals surface area contributed by atoms with Crippen molar-refractivity contribution in [3.63, 3.8) is 0 Å². The second-order valence-corrected chi connectivity index (χ2v) is 4.28. The molecule has 0 aromatic rings. The Hall–Kier alpha value is 0.714. The normalized spacial score (nSPS) is 43.8. The van der Waals surface area contributed by atoms with Gasteiger partial charge in [0.15, 0.2) is 0 Å². The summed E-state index contributed by atoms with van der Waals surface area (Å²) in [5, 5.41) is 0. The smallest absolute Gasteiger partial charge is 0.790 e. The number of hydrogen-bond acceptors (Lipinski definition) is 8. The van der Waals surface area contributed by atoms with Crippen LogP contribution in [-0.2, 0) is 43.7 Å². The van der Waals surface area contributed by atoms with E-state index in [2.05, 4.69) is 18.1 Å². The summed E-state index contributed by atoms with van der Waals surface area (Å²) in [5.41, 5.74) is 0. The molecule has 0 aliphatic carbocycles. The van der Waals surface area contributed by atoms with Gasteiger partial charge in [-0.1, -0.05) is 0 Å². The molecular formula is CNiO8P2. The second kappa shape index (κ2) is 2.61. The standard InChI is InChI=1S/CH2O8P2.Ni/c2-10(3,4)6-1-7-11(5,8-1)9-1;/h(H2,2,3,4);/q;+2/p-2. The van der Waals surface area contributed by atoms with Gasteiger partial charge in [-0.25, -0.2) is 18.1 Å². The van der Waals surface area contributed by atoms with Gasteiger partial charge in [0.25, 0.3) is 0 Å². The molecule has 0 spiro atoms. The quantitative estimate of drug-likeness (QED) is 0.441. The van der Waals surface area contributed by atoms with Crippen molar-refractivity contribution >= 4 is 15.6 Å². The topological polar surface area (TPSA) is 117 Å². The molecule has 8 nitrogen and oxygen atoms in total. The summed E-state index contributed by atoms with van der Waals surface area (Å²) >= 11 is 0. The van der Waals surface area contributed by atoms with Crippen molar-refractivity contribution in [1.29, 1.82) is 0 Å². The first kappa shape index (κ1) is 10.8. The summed E-state index contributed by atoms with van der Waals surface area (Å²) in [6, 6.07) is 0. The zero-order valence-electron chi connectivity index (χ0n) is 4.98. The minimum Gasteiger partial charge on any atom is -0.790 e. The molecule has 0 aromatic carbocycles. The van der Waals surface area contributed by atoms with Crippen LogP contribution < -0.4 is 9.79 Å². The van der Waals surface area contributed by atoms with E-state index in [9.17, 15) is 18.9 Å². The monoisotopic (exact) mass is 260 g/mol. The second-order valence-electron chi connectivity index (χ2n) is 1.76. The van der Waals surface area contributed by atoms with Crippen molar-refractivity contribution in [2.24, 2.45) is 0 Å². The summed E-state index contributed by atoms with van der Waals surface area (Å²) in [7, 11) is -8.74. The van der Waals surface area contributed by atoms with Crippen molar-refractivity contribution in [3.05, 3.63) is 0 Å². The first-order valence-electron chi connectivity index (χ1n) is 2.28. The van der Waals surface area contributed by atoms with Gasteiger partial charge in [0.2, 0.25) is 0 Å². The minimum atomic E-state index is -5.24. The molecule has 3 rings (SSSR count). The maximum absolute atomic E-state index is 10.4. The Morgan fingerprint density at radius 2 is 1.75 bits per heavy atom.